The molecule has 2 aliphatic carbocycles. The van der Waals surface area contributed by atoms with Gasteiger partial charge in [-0.15, -0.1) is 0 Å². The molecule has 21 heteroatoms. The van der Waals surface area contributed by atoms with Gasteiger partial charge in [-0.3, -0.25) is 14.6 Å². The molecule has 2 saturated carbocycles. The third-order valence-electron chi connectivity index (χ3n) is 17.4. The summed E-state index contributed by atoms with van der Waals surface area (Å²) in [5, 5.41) is 30.6. The number of H-pyrrole nitrogens is 1. The van der Waals surface area contributed by atoms with Crippen molar-refractivity contribution in [2.75, 3.05) is 80.6 Å². The Morgan fingerprint density at radius 2 is 1.80 bits per heavy atom. The molecule has 2 saturated heterocycles. The number of sulfonamides is 1. The molecule has 7 heterocycles. The Bertz CT molecular complexity index is 3350. The number of pyridine rings is 3. The van der Waals surface area contributed by atoms with Crippen LogP contribution in [0.4, 0.5) is 27.3 Å². The van der Waals surface area contributed by atoms with Crippen molar-refractivity contribution < 1.29 is 36.9 Å². The van der Waals surface area contributed by atoms with Gasteiger partial charge in [0, 0.05) is 94.3 Å². The smallest absolute Gasteiger partial charge is 0.268 e. The lowest BCUT2D eigenvalue weighted by molar-refractivity contribution is -0.0628. The van der Waals surface area contributed by atoms with Crippen molar-refractivity contribution in [2.45, 2.75) is 120 Å². The first-order chi connectivity index (χ1) is 38.3. The lowest BCUT2D eigenvalue weighted by Crippen LogP contribution is -2.60. The van der Waals surface area contributed by atoms with Crippen LogP contribution in [0.15, 0.2) is 84.1 Å². The third kappa shape index (κ3) is 11.4. The van der Waals surface area contributed by atoms with Crippen molar-refractivity contribution in [3.05, 3.63) is 113 Å². The third-order valence-corrected chi connectivity index (χ3v) is 18.7. The number of carbonyl (C=O) groups is 1. The number of hydroxylamine groups is 1. The van der Waals surface area contributed by atoms with Gasteiger partial charge in [0.25, 0.3) is 21.8 Å². The molecule has 2 atom stereocenters. The second-order valence-corrected chi connectivity index (χ2v) is 25.1. The topological polar surface area (TPSA) is 226 Å². The lowest BCUT2D eigenvalue weighted by atomic mass is 9.59. The second kappa shape index (κ2) is 22.3. The molecule has 11 rings (SSSR count). The monoisotopic (exact) mass is 1110 g/mol. The number of piperazine rings is 1. The van der Waals surface area contributed by atoms with Gasteiger partial charge in [0.15, 0.2) is 5.75 Å². The van der Waals surface area contributed by atoms with E-state index in [4.69, 9.17) is 14.2 Å². The van der Waals surface area contributed by atoms with Crippen molar-refractivity contribution in [3.8, 4) is 23.3 Å². The van der Waals surface area contributed by atoms with Gasteiger partial charge in [-0.25, -0.2) is 27.5 Å². The molecule has 426 valence electrons. The number of hydrogen-bond acceptors (Lipinski definition) is 17. The van der Waals surface area contributed by atoms with Crippen LogP contribution in [-0.4, -0.2) is 127 Å². The molecule has 80 heavy (non-hydrogen) atoms. The maximum atomic E-state index is 15.0. The molecule has 0 radical (unpaired) electrons. The Morgan fingerprint density at radius 3 is 2.55 bits per heavy atom. The van der Waals surface area contributed by atoms with Gasteiger partial charge in [-0.1, -0.05) is 38.1 Å². The van der Waals surface area contributed by atoms with Crippen LogP contribution in [0.25, 0.3) is 11.0 Å². The Hall–Kier alpha value is -6.78. The highest BCUT2D eigenvalue weighted by molar-refractivity contribution is 7.90. The molecule has 1 unspecified atom stereocenters. The summed E-state index contributed by atoms with van der Waals surface area (Å²) < 4.78 is 63.3. The number of aliphatic hydroxyl groups is 1. The zero-order chi connectivity index (χ0) is 56.1. The predicted molar refractivity (Wildman–Crippen MR) is 306 cm³/mol. The number of amides is 1. The summed E-state index contributed by atoms with van der Waals surface area (Å²) in [5.74, 6) is -0.0845. The summed E-state index contributed by atoms with van der Waals surface area (Å²) in [6.45, 7) is 14.8. The molecule has 4 aromatic heterocycles. The van der Waals surface area contributed by atoms with E-state index < -0.39 is 32.2 Å². The molecule has 1 spiro atoms. The van der Waals surface area contributed by atoms with E-state index in [0.717, 1.165) is 102 Å². The number of halogens is 1. The molecule has 5 N–H and O–H groups in total. The van der Waals surface area contributed by atoms with E-state index in [-0.39, 0.29) is 69.0 Å². The van der Waals surface area contributed by atoms with Crippen LogP contribution in [0.1, 0.15) is 118 Å². The van der Waals surface area contributed by atoms with E-state index in [0.29, 0.717) is 42.3 Å². The minimum Gasteiger partial charge on any atom is -0.758 e. The highest BCUT2D eigenvalue weighted by Gasteiger charge is 2.50. The number of rotatable bonds is 16. The number of anilines is 4. The lowest BCUT2D eigenvalue weighted by Gasteiger charge is -2.58. The highest BCUT2D eigenvalue weighted by atomic mass is 32.2. The van der Waals surface area contributed by atoms with Gasteiger partial charge < -0.3 is 50.1 Å². The van der Waals surface area contributed by atoms with Crippen LogP contribution in [0.3, 0.4) is 0 Å². The van der Waals surface area contributed by atoms with E-state index in [1.165, 1.54) is 55.2 Å². The van der Waals surface area contributed by atoms with Gasteiger partial charge in [0.05, 0.1) is 35.9 Å². The fourth-order valence-electron chi connectivity index (χ4n) is 12.7. The van der Waals surface area contributed by atoms with Crippen LogP contribution in [0.5, 0.6) is 23.3 Å². The van der Waals surface area contributed by atoms with Crippen LogP contribution < -0.4 is 39.5 Å². The van der Waals surface area contributed by atoms with Crippen LogP contribution in [-0.2, 0) is 16.6 Å². The number of hydrogen-bond donors (Lipinski definition) is 5. The summed E-state index contributed by atoms with van der Waals surface area (Å²) in [5.41, 5.74) is 5.28. The average molecular weight is 1120 g/mol. The standard InChI is InChI=1S/C59H73FN11O8S/c1-36(2)43-9-7-8-10-44(43)49-35-69(34-39-15-20-61-57-52(39)62-30-37(3)78-57)23-24-71(49)41-28-59(29-41)18-21-70(22-19-59)40-11-12-45(50(25-40)79-51-27-46-47(60)33-65-53(46)66-56(51)77-6)55(72)67-80(75,76)42-26-48(68(5)74)54(64-32-42)63-31-38-13-16-58(4,73)17-14-38/h7-12,15,20,25-27,32-33,36-38,41,49,62,73H,13-14,16-19,21-24,28-31,34-35H2,1-6H3,(H,63,64)(H,65,66)(H,67,72)/q-1/t37?,38?,49-,58?/m0/s1. The number of nitrogens with one attached hydrogen (secondary N) is 4. The number of methoxy groups -OCH3 is 1. The number of carbonyl (C=O) groups excluding carboxylic acids is 1. The van der Waals surface area contributed by atoms with Crippen molar-refractivity contribution in [1.29, 1.82) is 0 Å². The van der Waals surface area contributed by atoms with Crippen LogP contribution in [0, 0.1) is 22.4 Å². The molecular formula is C59H73FN11O8S-. The Morgan fingerprint density at radius 1 is 1.02 bits per heavy atom. The molecule has 1 amide bonds. The van der Waals surface area contributed by atoms with E-state index in [9.17, 15) is 27.9 Å². The number of benzene rings is 2. The van der Waals surface area contributed by atoms with E-state index >= 15 is 0 Å². The first kappa shape index (κ1) is 55.1. The fourth-order valence-corrected chi connectivity index (χ4v) is 13.6. The SMILES string of the molecule is COc1nc2[nH]cc(F)c2cc1Oc1cc(N2CCC3(CC2)CC(N2CCN(Cc4ccnc5c4NCC(C)O5)C[C@H]2c2ccccc2C(C)C)C3)ccc1C(=O)NS(=O)(=O)c1cnc(NCC2CCC(C)(O)CC2)c(N(C)[O-])c1. The highest BCUT2D eigenvalue weighted by Crippen LogP contribution is 2.54. The maximum Gasteiger partial charge on any atom is 0.268 e. The normalized spacial score (nSPS) is 22.5. The molecule has 19 nitrogen and oxygen atoms in total. The number of aromatic amines is 1. The molecular weight excluding hydrogens is 1040 g/mol. The summed E-state index contributed by atoms with van der Waals surface area (Å²) in [4.78, 5) is 37.6. The Balaban J connectivity index is 0.801. The number of piperidine rings is 1. The maximum absolute atomic E-state index is 15.0. The summed E-state index contributed by atoms with van der Waals surface area (Å²) in [6.07, 6.45) is 11.2. The van der Waals surface area contributed by atoms with E-state index in [1.807, 2.05) is 13.1 Å². The number of ether oxygens (including phenoxy) is 3. The molecule has 4 fully saturated rings. The number of fused-ring (bicyclic) bond motifs is 2. The van der Waals surface area contributed by atoms with Gasteiger partial charge in [0.1, 0.15) is 39.7 Å². The fraction of sp³-hybridized carbons (Fsp3) is 0.492. The molecule has 2 aromatic carbocycles. The van der Waals surface area contributed by atoms with Crippen LogP contribution >= 0.6 is 0 Å². The van der Waals surface area contributed by atoms with Crippen LogP contribution in [0.2, 0.25) is 0 Å². The summed E-state index contributed by atoms with van der Waals surface area (Å²) in [7, 11) is -1.98. The van der Waals surface area contributed by atoms with Crippen molar-refractivity contribution in [3.63, 3.8) is 0 Å². The second-order valence-electron chi connectivity index (χ2n) is 23.4. The van der Waals surface area contributed by atoms with Gasteiger partial charge in [-0.05, 0) is 130 Å². The van der Waals surface area contributed by atoms with E-state index in [2.05, 4.69) is 101 Å². The van der Waals surface area contributed by atoms with Gasteiger partial charge in [0.2, 0.25) is 5.88 Å². The van der Waals surface area contributed by atoms with Crippen molar-refractivity contribution in [1.82, 2.24) is 34.5 Å². The zero-order valence-electron chi connectivity index (χ0n) is 46.4. The number of nitrogens with zero attached hydrogens (tertiary/aromatic N) is 7. The first-order valence-corrected chi connectivity index (χ1v) is 29.5. The number of aromatic nitrogens is 4. The molecule has 0 bridgehead atoms. The first-order valence-electron chi connectivity index (χ1n) is 28.0. The van der Waals surface area contributed by atoms with Crippen molar-refractivity contribution in [2.24, 2.45) is 11.3 Å². The van der Waals surface area contributed by atoms with E-state index in [1.54, 1.807) is 12.1 Å². The molecule has 3 aliphatic heterocycles. The predicted octanol–water partition coefficient (Wildman–Crippen LogP) is 9.32. The minimum atomic E-state index is -4.61. The van der Waals surface area contributed by atoms with Gasteiger partial charge >= 0.3 is 0 Å². The summed E-state index contributed by atoms with van der Waals surface area (Å²) >= 11 is 0. The minimum absolute atomic E-state index is 0.00684. The summed E-state index contributed by atoms with van der Waals surface area (Å²) in [6, 6.07) is 19.3. The quantitative estimate of drug-likeness (QED) is 0.0569. The van der Waals surface area contributed by atoms with Crippen molar-refractivity contribution >= 4 is 49.8 Å². The average Bonchev–Trinajstić information content (AvgIpc) is 3.85. The molecule has 5 aliphatic rings. The Kier molecular flexibility index (Phi) is 15.4. The zero-order valence-corrected chi connectivity index (χ0v) is 47.2. The van der Waals surface area contributed by atoms with Gasteiger partial charge in [-0.2, -0.15) is 4.98 Å². The Labute approximate surface area is 467 Å². The molecule has 6 aromatic rings. The largest absolute Gasteiger partial charge is 0.758 e.